The van der Waals surface area contributed by atoms with Gasteiger partial charge in [-0.25, -0.2) is 4.39 Å². The van der Waals surface area contributed by atoms with Crippen LogP contribution in [0, 0.1) is 5.82 Å². The Morgan fingerprint density at radius 2 is 2.21 bits per heavy atom. The second-order valence-corrected chi connectivity index (χ2v) is 5.30. The Labute approximate surface area is 117 Å². The number of aliphatic hydroxyl groups excluding tert-OH is 1. The van der Waals surface area contributed by atoms with E-state index in [-0.39, 0.29) is 11.6 Å². The molecule has 1 aromatic heterocycles. The number of aryl methyl sites for hydroxylation is 1. The summed E-state index contributed by atoms with van der Waals surface area (Å²) in [4.78, 5) is 0. The SMILES string of the molecule is Cn1cc(/C=C2/C=c3c(F)cc(Br)cc3=C2O)cn1. The highest BCUT2D eigenvalue weighted by Crippen LogP contribution is 2.17. The van der Waals surface area contributed by atoms with Crippen molar-refractivity contribution in [3.63, 3.8) is 0 Å². The molecule has 0 bridgehead atoms. The molecule has 1 aromatic carbocycles. The van der Waals surface area contributed by atoms with Gasteiger partial charge in [0.05, 0.1) is 6.20 Å². The summed E-state index contributed by atoms with van der Waals surface area (Å²) < 4.78 is 16.1. The number of halogens is 2. The molecule has 0 saturated carbocycles. The van der Waals surface area contributed by atoms with E-state index >= 15 is 0 Å². The van der Waals surface area contributed by atoms with Crippen LogP contribution in [0.2, 0.25) is 0 Å². The minimum atomic E-state index is -0.356. The molecule has 0 atom stereocenters. The molecular weight excluding hydrogens is 311 g/mol. The van der Waals surface area contributed by atoms with Crippen LogP contribution in [0.15, 0.2) is 34.6 Å². The Balaban J connectivity index is 2.21. The van der Waals surface area contributed by atoms with Gasteiger partial charge in [-0.15, -0.1) is 0 Å². The molecule has 0 fully saturated rings. The van der Waals surface area contributed by atoms with Crippen molar-refractivity contribution >= 4 is 33.8 Å². The molecule has 1 N–H and O–H groups in total. The van der Waals surface area contributed by atoms with Crippen LogP contribution in [0.25, 0.3) is 17.9 Å². The molecular formula is C14H10BrFN2O. The van der Waals surface area contributed by atoms with E-state index in [1.807, 2.05) is 13.2 Å². The predicted octanol–water partition coefficient (Wildman–Crippen LogP) is 1.87. The van der Waals surface area contributed by atoms with Gasteiger partial charge in [-0.05, 0) is 24.3 Å². The van der Waals surface area contributed by atoms with Crippen molar-refractivity contribution in [2.75, 3.05) is 0 Å². The van der Waals surface area contributed by atoms with E-state index in [2.05, 4.69) is 21.0 Å². The van der Waals surface area contributed by atoms with Crippen molar-refractivity contribution in [1.82, 2.24) is 9.78 Å². The van der Waals surface area contributed by atoms with Crippen LogP contribution in [-0.4, -0.2) is 14.9 Å². The molecule has 96 valence electrons. The van der Waals surface area contributed by atoms with Crippen LogP contribution < -0.4 is 10.4 Å². The molecule has 0 aliphatic heterocycles. The van der Waals surface area contributed by atoms with Crippen LogP contribution in [0.4, 0.5) is 4.39 Å². The average molecular weight is 321 g/mol. The van der Waals surface area contributed by atoms with Crippen molar-refractivity contribution < 1.29 is 9.50 Å². The molecule has 0 spiro atoms. The summed E-state index contributed by atoms with van der Waals surface area (Å²) in [5.41, 5.74) is 1.44. The number of aromatic nitrogens is 2. The van der Waals surface area contributed by atoms with Gasteiger partial charge >= 0.3 is 0 Å². The quantitative estimate of drug-likeness (QED) is 0.871. The Bertz CT molecular complexity index is 820. The summed E-state index contributed by atoms with van der Waals surface area (Å²) in [6.07, 6.45) is 6.92. The highest BCUT2D eigenvalue weighted by molar-refractivity contribution is 9.10. The maximum Gasteiger partial charge on any atom is 0.132 e. The third kappa shape index (κ3) is 2.10. The molecule has 5 heteroatoms. The van der Waals surface area contributed by atoms with Crippen molar-refractivity contribution in [1.29, 1.82) is 0 Å². The second kappa shape index (κ2) is 4.35. The van der Waals surface area contributed by atoms with Gasteiger partial charge in [0.1, 0.15) is 11.6 Å². The van der Waals surface area contributed by atoms with E-state index in [1.165, 1.54) is 6.07 Å². The fourth-order valence-electron chi connectivity index (χ4n) is 2.11. The van der Waals surface area contributed by atoms with E-state index in [0.717, 1.165) is 5.56 Å². The minimum absolute atomic E-state index is 0.0825. The van der Waals surface area contributed by atoms with E-state index < -0.39 is 0 Å². The van der Waals surface area contributed by atoms with Crippen molar-refractivity contribution in [2.45, 2.75) is 0 Å². The fourth-order valence-corrected chi connectivity index (χ4v) is 2.54. The fraction of sp³-hybridized carbons (Fsp3) is 0.0714. The van der Waals surface area contributed by atoms with Gasteiger partial charge in [-0.3, -0.25) is 4.68 Å². The Morgan fingerprint density at radius 1 is 1.42 bits per heavy atom. The van der Waals surface area contributed by atoms with Crippen molar-refractivity contribution in [3.05, 3.63) is 56.4 Å². The van der Waals surface area contributed by atoms with Crippen LogP contribution in [0.5, 0.6) is 0 Å². The molecule has 0 saturated heterocycles. The zero-order chi connectivity index (χ0) is 13.6. The van der Waals surface area contributed by atoms with Gasteiger partial charge < -0.3 is 5.11 Å². The smallest absolute Gasteiger partial charge is 0.132 e. The van der Waals surface area contributed by atoms with Crippen LogP contribution in [0.3, 0.4) is 0 Å². The van der Waals surface area contributed by atoms with Crippen LogP contribution in [0.1, 0.15) is 5.56 Å². The standard InChI is InChI=1S/C14H10BrFN2O/c1-18-7-8(6-17-18)2-9-3-11-12(14(9)19)4-10(15)5-13(11)16/h2-7,19H,1H3/b9-2-. The van der Waals surface area contributed by atoms with Crippen molar-refractivity contribution in [2.24, 2.45) is 7.05 Å². The molecule has 1 heterocycles. The predicted molar refractivity (Wildman–Crippen MR) is 75.0 cm³/mol. The average Bonchev–Trinajstić information content (AvgIpc) is 2.87. The largest absolute Gasteiger partial charge is 0.507 e. The lowest BCUT2D eigenvalue weighted by Gasteiger charge is -1.95. The number of nitrogens with zero attached hydrogens (tertiary/aromatic N) is 2. The van der Waals surface area contributed by atoms with Gasteiger partial charge in [-0.1, -0.05) is 15.9 Å². The summed E-state index contributed by atoms with van der Waals surface area (Å²) in [6, 6.07) is 3.09. The van der Waals surface area contributed by atoms with Gasteiger partial charge in [0.25, 0.3) is 0 Å². The second-order valence-electron chi connectivity index (χ2n) is 4.39. The third-order valence-electron chi connectivity index (χ3n) is 2.97. The van der Waals surface area contributed by atoms with E-state index in [0.29, 0.717) is 20.5 Å². The number of hydrogen-bond acceptors (Lipinski definition) is 2. The first-order valence-electron chi connectivity index (χ1n) is 5.65. The lowest BCUT2D eigenvalue weighted by atomic mass is 10.2. The third-order valence-corrected chi connectivity index (χ3v) is 3.43. The topological polar surface area (TPSA) is 38.0 Å². The van der Waals surface area contributed by atoms with E-state index in [4.69, 9.17) is 0 Å². The monoisotopic (exact) mass is 320 g/mol. The summed E-state index contributed by atoms with van der Waals surface area (Å²) in [5.74, 6) is -0.274. The van der Waals surface area contributed by atoms with Crippen LogP contribution in [-0.2, 0) is 7.05 Å². The molecule has 0 amide bonds. The first kappa shape index (κ1) is 12.2. The zero-order valence-electron chi connectivity index (χ0n) is 10.1. The highest BCUT2D eigenvalue weighted by Gasteiger charge is 2.13. The lowest BCUT2D eigenvalue weighted by molar-refractivity contribution is 0.509. The number of hydrogen-bond donors (Lipinski definition) is 1. The minimum Gasteiger partial charge on any atom is -0.507 e. The number of benzene rings is 1. The molecule has 1 aliphatic carbocycles. The molecule has 0 unspecified atom stereocenters. The van der Waals surface area contributed by atoms with Crippen LogP contribution >= 0.6 is 15.9 Å². The Hall–Kier alpha value is -1.88. The molecule has 19 heavy (non-hydrogen) atoms. The Morgan fingerprint density at radius 3 is 2.89 bits per heavy atom. The van der Waals surface area contributed by atoms with Gasteiger partial charge in [0, 0.05) is 39.3 Å². The first-order valence-corrected chi connectivity index (χ1v) is 6.44. The number of fused-ring (bicyclic) bond motifs is 1. The van der Waals surface area contributed by atoms with Gasteiger partial charge in [-0.2, -0.15) is 5.10 Å². The maximum absolute atomic E-state index is 13.8. The molecule has 3 nitrogen and oxygen atoms in total. The summed E-state index contributed by atoms with van der Waals surface area (Å²) >= 11 is 3.22. The lowest BCUT2D eigenvalue weighted by Crippen LogP contribution is -2.26. The molecule has 3 rings (SSSR count). The molecule has 1 aliphatic rings. The molecule has 2 aromatic rings. The van der Waals surface area contributed by atoms with E-state index in [1.54, 1.807) is 29.1 Å². The normalized spacial score (nSPS) is 15.7. The molecule has 0 radical (unpaired) electrons. The first-order chi connectivity index (χ1) is 9.04. The van der Waals surface area contributed by atoms with Gasteiger partial charge in [0.2, 0.25) is 0 Å². The summed E-state index contributed by atoms with van der Waals surface area (Å²) in [6.45, 7) is 0. The van der Waals surface area contributed by atoms with Gasteiger partial charge in [0.15, 0.2) is 0 Å². The summed E-state index contributed by atoms with van der Waals surface area (Å²) in [7, 11) is 1.81. The highest BCUT2D eigenvalue weighted by atomic mass is 79.9. The summed E-state index contributed by atoms with van der Waals surface area (Å²) in [5, 5.41) is 15.1. The number of rotatable bonds is 1. The zero-order valence-corrected chi connectivity index (χ0v) is 11.6. The maximum atomic E-state index is 13.8. The van der Waals surface area contributed by atoms with E-state index in [9.17, 15) is 9.50 Å². The number of aliphatic hydroxyl groups is 1. The Kier molecular flexibility index (Phi) is 2.78. The van der Waals surface area contributed by atoms with Crippen molar-refractivity contribution in [3.8, 4) is 0 Å².